The molecule has 0 atom stereocenters. The normalized spacial score (nSPS) is 10.7. The third-order valence-corrected chi connectivity index (χ3v) is 3.13. The molecule has 0 aliphatic carbocycles. The average Bonchev–Trinajstić information content (AvgIpc) is 2.48. The first-order valence-corrected chi connectivity index (χ1v) is 6.25. The molecule has 3 rings (SSSR count). The summed E-state index contributed by atoms with van der Waals surface area (Å²) in [6, 6.07) is 13.8. The van der Waals surface area contributed by atoms with Gasteiger partial charge in [-0.05, 0) is 30.3 Å². The number of nitrogens with zero attached hydrogens (tertiary/aromatic N) is 1. The molecule has 0 bridgehead atoms. The Kier molecular flexibility index (Phi) is 3.21. The van der Waals surface area contributed by atoms with E-state index < -0.39 is 0 Å². The van der Waals surface area contributed by atoms with Crippen molar-refractivity contribution in [2.45, 2.75) is 6.61 Å². The first kappa shape index (κ1) is 12.4. The molecule has 0 spiro atoms. The highest BCUT2D eigenvalue weighted by atomic mass is 19.1. The van der Waals surface area contributed by atoms with Crippen molar-refractivity contribution in [3.05, 3.63) is 66.1 Å². The Labute approximate surface area is 115 Å². The minimum Gasteiger partial charge on any atom is -0.487 e. The smallest absolute Gasteiger partial charge is 0.143 e. The quantitative estimate of drug-likeness (QED) is 0.739. The Morgan fingerprint density at radius 3 is 2.75 bits per heavy atom. The van der Waals surface area contributed by atoms with Crippen LogP contribution in [0.25, 0.3) is 10.9 Å². The van der Waals surface area contributed by atoms with Gasteiger partial charge >= 0.3 is 0 Å². The number of nitrogen functional groups attached to an aromatic ring is 1. The SMILES string of the molecule is Nc1c(OCc2ccccc2F)ccc2ncccc12. The van der Waals surface area contributed by atoms with Crippen LogP contribution in [0, 0.1) is 5.82 Å². The topological polar surface area (TPSA) is 48.1 Å². The first-order chi connectivity index (χ1) is 9.75. The molecule has 3 aromatic rings. The van der Waals surface area contributed by atoms with Crippen molar-refractivity contribution in [3.63, 3.8) is 0 Å². The van der Waals surface area contributed by atoms with Crippen LogP contribution in [0.3, 0.4) is 0 Å². The lowest BCUT2D eigenvalue weighted by Crippen LogP contribution is -2.01. The van der Waals surface area contributed by atoms with Gasteiger partial charge in [-0.15, -0.1) is 0 Å². The van der Waals surface area contributed by atoms with Crippen LogP contribution in [0.2, 0.25) is 0 Å². The molecule has 0 unspecified atom stereocenters. The minimum absolute atomic E-state index is 0.142. The Hall–Kier alpha value is -2.62. The lowest BCUT2D eigenvalue weighted by molar-refractivity contribution is 0.302. The largest absolute Gasteiger partial charge is 0.487 e. The summed E-state index contributed by atoms with van der Waals surface area (Å²) in [7, 11) is 0. The molecule has 100 valence electrons. The zero-order valence-corrected chi connectivity index (χ0v) is 10.7. The van der Waals surface area contributed by atoms with E-state index in [0.717, 1.165) is 10.9 Å². The van der Waals surface area contributed by atoms with Gasteiger partial charge in [0.15, 0.2) is 0 Å². The highest BCUT2D eigenvalue weighted by Crippen LogP contribution is 2.30. The van der Waals surface area contributed by atoms with Gasteiger partial charge in [-0.3, -0.25) is 4.98 Å². The maximum atomic E-state index is 13.5. The minimum atomic E-state index is -0.284. The monoisotopic (exact) mass is 268 g/mol. The van der Waals surface area contributed by atoms with Crippen LogP contribution < -0.4 is 10.5 Å². The second-order valence-electron chi connectivity index (χ2n) is 4.43. The van der Waals surface area contributed by atoms with Gasteiger partial charge in [0.25, 0.3) is 0 Å². The fourth-order valence-corrected chi connectivity index (χ4v) is 2.05. The molecule has 20 heavy (non-hydrogen) atoms. The molecule has 2 N–H and O–H groups in total. The fraction of sp³-hybridized carbons (Fsp3) is 0.0625. The van der Waals surface area contributed by atoms with Crippen LogP contribution in [0.5, 0.6) is 5.75 Å². The number of halogens is 1. The summed E-state index contributed by atoms with van der Waals surface area (Å²) in [6.07, 6.45) is 1.71. The van der Waals surface area contributed by atoms with E-state index in [0.29, 0.717) is 17.0 Å². The molecule has 0 aliphatic heterocycles. The van der Waals surface area contributed by atoms with Crippen LogP contribution in [0.1, 0.15) is 5.56 Å². The highest BCUT2D eigenvalue weighted by molar-refractivity contribution is 5.93. The van der Waals surface area contributed by atoms with Gasteiger partial charge < -0.3 is 10.5 Å². The van der Waals surface area contributed by atoms with Crippen molar-refractivity contribution in [3.8, 4) is 5.75 Å². The third-order valence-electron chi connectivity index (χ3n) is 3.13. The van der Waals surface area contributed by atoms with Gasteiger partial charge in [0.1, 0.15) is 18.2 Å². The Bertz CT molecular complexity index is 758. The molecule has 1 aromatic heterocycles. The maximum Gasteiger partial charge on any atom is 0.143 e. The molecule has 0 radical (unpaired) electrons. The maximum absolute atomic E-state index is 13.5. The number of hydrogen-bond acceptors (Lipinski definition) is 3. The number of fused-ring (bicyclic) bond motifs is 1. The summed E-state index contributed by atoms with van der Waals surface area (Å²) in [5, 5.41) is 0.832. The molecule has 0 saturated carbocycles. The molecular weight excluding hydrogens is 255 g/mol. The number of anilines is 1. The number of aromatic nitrogens is 1. The van der Waals surface area contributed by atoms with Gasteiger partial charge in [-0.25, -0.2) is 4.39 Å². The molecule has 2 aromatic carbocycles. The second-order valence-corrected chi connectivity index (χ2v) is 4.43. The molecule has 0 fully saturated rings. The number of hydrogen-bond donors (Lipinski definition) is 1. The first-order valence-electron chi connectivity index (χ1n) is 6.25. The molecule has 0 amide bonds. The van der Waals surface area contributed by atoms with Gasteiger partial charge in [-0.2, -0.15) is 0 Å². The lowest BCUT2D eigenvalue weighted by atomic mass is 10.1. The van der Waals surface area contributed by atoms with Crippen LogP contribution in [0.15, 0.2) is 54.7 Å². The summed E-state index contributed by atoms with van der Waals surface area (Å²) >= 11 is 0. The number of ether oxygens (including phenoxy) is 1. The van der Waals surface area contributed by atoms with Gasteiger partial charge in [0.2, 0.25) is 0 Å². The Morgan fingerprint density at radius 1 is 1.05 bits per heavy atom. The highest BCUT2D eigenvalue weighted by Gasteiger charge is 2.07. The second kappa shape index (κ2) is 5.17. The Balaban J connectivity index is 1.88. The standard InChI is InChI=1S/C16H13FN2O/c17-13-6-2-1-4-11(13)10-20-15-8-7-14-12(16(15)18)5-3-9-19-14/h1-9H,10,18H2. The molecule has 3 nitrogen and oxygen atoms in total. The van der Waals surface area contributed by atoms with Crippen LogP contribution in [-0.2, 0) is 6.61 Å². The van der Waals surface area contributed by atoms with E-state index >= 15 is 0 Å². The van der Waals surface area contributed by atoms with E-state index in [2.05, 4.69) is 4.98 Å². The number of pyridine rings is 1. The van der Waals surface area contributed by atoms with Crippen molar-refractivity contribution in [2.75, 3.05) is 5.73 Å². The molecule has 0 saturated heterocycles. The molecule has 4 heteroatoms. The van der Waals surface area contributed by atoms with E-state index in [9.17, 15) is 4.39 Å². The van der Waals surface area contributed by atoms with Crippen LogP contribution in [-0.4, -0.2) is 4.98 Å². The summed E-state index contributed by atoms with van der Waals surface area (Å²) in [6.45, 7) is 0.142. The van der Waals surface area contributed by atoms with Gasteiger partial charge in [0, 0.05) is 17.1 Å². The predicted octanol–water partition coefficient (Wildman–Crippen LogP) is 3.54. The van der Waals surface area contributed by atoms with E-state index in [1.807, 2.05) is 18.2 Å². The van der Waals surface area contributed by atoms with Crippen molar-refractivity contribution in [1.29, 1.82) is 0 Å². The Morgan fingerprint density at radius 2 is 1.90 bits per heavy atom. The van der Waals surface area contributed by atoms with Crippen molar-refractivity contribution in [1.82, 2.24) is 4.98 Å². The van der Waals surface area contributed by atoms with E-state index in [1.54, 1.807) is 30.5 Å². The number of rotatable bonds is 3. The summed E-state index contributed by atoms with van der Waals surface area (Å²) in [5.41, 5.74) is 7.89. The van der Waals surface area contributed by atoms with E-state index in [4.69, 9.17) is 10.5 Å². The average molecular weight is 268 g/mol. The molecule has 0 aliphatic rings. The zero-order chi connectivity index (χ0) is 13.9. The lowest BCUT2D eigenvalue weighted by Gasteiger charge is -2.11. The predicted molar refractivity (Wildman–Crippen MR) is 76.9 cm³/mol. The number of nitrogens with two attached hydrogens (primary N) is 1. The zero-order valence-electron chi connectivity index (χ0n) is 10.7. The van der Waals surface area contributed by atoms with Crippen LogP contribution in [0.4, 0.5) is 10.1 Å². The van der Waals surface area contributed by atoms with Gasteiger partial charge in [-0.1, -0.05) is 18.2 Å². The van der Waals surface area contributed by atoms with Crippen molar-refractivity contribution >= 4 is 16.6 Å². The van der Waals surface area contributed by atoms with Crippen molar-refractivity contribution < 1.29 is 9.13 Å². The van der Waals surface area contributed by atoms with Crippen LogP contribution >= 0.6 is 0 Å². The summed E-state index contributed by atoms with van der Waals surface area (Å²) < 4.78 is 19.1. The van der Waals surface area contributed by atoms with Gasteiger partial charge in [0.05, 0.1) is 11.2 Å². The molecule has 1 heterocycles. The summed E-state index contributed by atoms with van der Waals surface area (Å²) in [4.78, 5) is 4.22. The fourth-order valence-electron chi connectivity index (χ4n) is 2.05. The number of benzene rings is 2. The summed E-state index contributed by atoms with van der Waals surface area (Å²) in [5.74, 6) is 0.252. The van der Waals surface area contributed by atoms with E-state index in [-0.39, 0.29) is 12.4 Å². The van der Waals surface area contributed by atoms with E-state index in [1.165, 1.54) is 6.07 Å². The third kappa shape index (κ3) is 2.28. The van der Waals surface area contributed by atoms with Crippen molar-refractivity contribution in [2.24, 2.45) is 0 Å². The molecular formula is C16H13FN2O.